The quantitative estimate of drug-likeness (QED) is 0.870. The Labute approximate surface area is 145 Å². The molecule has 1 unspecified atom stereocenters. The van der Waals surface area contributed by atoms with Crippen LogP contribution in [0, 0.1) is 5.92 Å². The van der Waals surface area contributed by atoms with E-state index in [0.717, 1.165) is 48.7 Å². The van der Waals surface area contributed by atoms with Crippen molar-refractivity contribution >= 4 is 22.4 Å². The Morgan fingerprint density at radius 1 is 1.38 bits per heavy atom. The van der Waals surface area contributed by atoms with Crippen molar-refractivity contribution in [1.82, 2.24) is 10.3 Å². The lowest BCUT2D eigenvalue weighted by molar-refractivity contribution is -0.120. The Hall–Kier alpha value is -2.12. The maximum absolute atomic E-state index is 12.3. The normalized spacial score (nSPS) is 17.3. The fourth-order valence-corrected chi connectivity index (χ4v) is 3.47. The molecule has 7 heteroatoms. The summed E-state index contributed by atoms with van der Waals surface area (Å²) in [6.45, 7) is 1.72. The van der Waals surface area contributed by atoms with Crippen molar-refractivity contribution in [1.29, 1.82) is 0 Å². The molecule has 1 fully saturated rings. The van der Waals surface area contributed by atoms with Crippen LogP contribution in [0.3, 0.4) is 0 Å². The highest BCUT2D eigenvalue weighted by Gasteiger charge is 2.22. The van der Waals surface area contributed by atoms with Crippen LogP contribution in [0.5, 0.6) is 11.5 Å². The third-order valence-electron chi connectivity index (χ3n) is 4.08. The van der Waals surface area contributed by atoms with Gasteiger partial charge in [0, 0.05) is 17.5 Å². The molecule has 1 saturated heterocycles. The van der Waals surface area contributed by atoms with E-state index in [1.165, 1.54) is 11.3 Å². The number of nitrogens with zero attached hydrogens (tertiary/aromatic N) is 1. The average Bonchev–Trinajstić information content (AvgIpc) is 3.10. The Morgan fingerprint density at radius 2 is 2.25 bits per heavy atom. The van der Waals surface area contributed by atoms with E-state index in [1.807, 2.05) is 23.6 Å². The van der Waals surface area contributed by atoms with E-state index >= 15 is 0 Å². The molecule has 0 saturated carbocycles. The van der Waals surface area contributed by atoms with Crippen LogP contribution in [0.15, 0.2) is 23.6 Å². The van der Waals surface area contributed by atoms with E-state index in [4.69, 9.17) is 9.47 Å². The van der Waals surface area contributed by atoms with Gasteiger partial charge in [-0.2, -0.15) is 0 Å². The van der Waals surface area contributed by atoms with Gasteiger partial charge in [0.25, 0.3) is 0 Å². The first-order valence-electron chi connectivity index (χ1n) is 7.90. The van der Waals surface area contributed by atoms with Crippen LogP contribution in [0.2, 0.25) is 0 Å². The number of methoxy groups -OCH3 is 2. The van der Waals surface area contributed by atoms with Gasteiger partial charge in [0.05, 0.1) is 25.8 Å². The number of carbonyl (C=O) groups excluding carboxylic acids is 1. The fourth-order valence-electron chi connectivity index (χ4n) is 2.75. The van der Waals surface area contributed by atoms with E-state index in [2.05, 4.69) is 15.6 Å². The minimum Gasteiger partial charge on any atom is -0.497 e. The first-order chi connectivity index (χ1) is 11.7. The number of ether oxygens (including phenoxy) is 2. The molecule has 1 aromatic heterocycles. The maximum Gasteiger partial charge on any atom is 0.230 e. The number of thiazole rings is 1. The zero-order valence-electron chi connectivity index (χ0n) is 13.8. The molecular formula is C17H21N3O3S. The third kappa shape index (κ3) is 3.68. The number of benzene rings is 1. The molecule has 6 nitrogen and oxygen atoms in total. The SMILES string of the molecule is COc1ccc(OC)c(-c2csc(NC(=O)C3CCCNC3)n2)c1. The molecule has 128 valence electrons. The minimum absolute atomic E-state index is 0.0115. The number of rotatable bonds is 5. The van der Waals surface area contributed by atoms with Crippen molar-refractivity contribution in [2.24, 2.45) is 5.92 Å². The Morgan fingerprint density at radius 3 is 2.96 bits per heavy atom. The standard InChI is InChI=1S/C17H21N3O3S/c1-22-12-5-6-15(23-2)13(8-12)14-10-24-17(19-14)20-16(21)11-4-3-7-18-9-11/h5-6,8,10-11,18H,3-4,7,9H2,1-2H3,(H,19,20,21). The summed E-state index contributed by atoms with van der Waals surface area (Å²) >= 11 is 1.41. The van der Waals surface area contributed by atoms with Crippen LogP contribution in [0.25, 0.3) is 11.3 Å². The average molecular weight is 347 g/mol. The number of hydrogen-bond donors (Lipinski definition) is 2. The van der Waals surface area contributed by atoms with Crippen LogP contribution < -0.4 is 20.1 Å². The summed E-state index contributed by atoms with van der Waals surface area (Å²) in [5.74, 6) is 1.49. The summed E-state index contributed by atoms with van der Waals surface area (Å²) in [4.78, 5) is 16.8. The Bertz CT molecular complexity index is 711. The number of hydrogen-bond acceptors (Lipinski definition) is 6. The molecule has 0 radical (unpaired) electrons. The molecule has 0 aliphatic carbocycles. The molecule has 0 bridgehead atoms. The Kier molecular flexibility index (Phi) is 5.32. The van der Waals surface area contributed by atoms with E-state index in [-0.39, 0.29) is 11.8 Å². The number of amides is 1. The lowest BCUT2D eigenvalue weighted by Gasteiger charge is -2.21. The summed E-state index contributed by atoms with van der Waals surface area (Å²) in [6, 6.07) is 5.57. The van der Waals surface area contributed by atoms with E-state index in [9.17, 15) is 4.79 Å². The van der Waals surface area contributed by atoms with E-state index in [1.54, 1.807) is 14.2 Å². The molecule has 0 spiro atoms. The van der Waals surface area contributed by atoms with Crippen LogP contribution in [0.1, 0.15) is 12.8 Å². The van der Waals surface area contributed by atoms with Gasteiger partial charge in [-0.25, -0.2) is 4.98 Å². The molecule has 1 aromatic carbocycles. The largest absolute Gasteiger partial charge is 0.497 e. The van der Waals surface area contributed by atoms with Crippen molar-refractivity contribution < 1.29 is 14.3 Å². The summed E-state index contributed by atoms with van der Waals surface area (Å²) in [6.07, 6.45) is 1.95. The van der Waals surface area contributed by atoms with Crippen LogP contribution in [0.4, 0.5) is 5.13 Å². The molecule has 1 amide bonds. The second kappa shape index (κ2) is 7.63. The maximum atomic E-state index is 12.3. The molecule has 3 rings (SSSR count). The lowest BCUT2D eigenvalue weighted by atomic mass is 9.99. The zero-order chi connectivity index (χ0) is 16.9. The number of carbonyl (C=O) groups is 1. The molecule has 24 heavy (non-hydrogen) atoms. The van der Waals surface area contributed by atoms with E-state index in [0.29, 0.717) is 5.13 Å². The van der Waals surface area contributed by atoms with Gasteiger partial charge in [-0.1, -0.05) is 0 Å². The third-order valence-corrected chi connectivity index (χ3v) is 4.84. The van der Waals surface area contributed by atoms with Gasteiger partial charge in [0.15, 0.2) is 5.13 Å². The second-order valence-electron chi connectivity index (χ2n) is 5.64. The molecule has 1 aliphatic heterocycles. The predicted molar refractivity (Wildman–Crippen MR) is 94.9 cm³/mol. The van der Waals surface area contributed by atoms with Crippen LogP contribution in [-0.4, -0.2) is 38.2 Å². The number of piperidine rings is 1. The zero-order valence-corrected chi connectivity index (χ0v) is 14.6. The van der Waals surface area contributed by atoms with Gasteiger partial charge in [-0.05, 0) is 37.6 Å². The molecule has 1 atom stereocenters. The van der Waals surface area contributed by atoms with Crippen molar-refractivity contribution in [2.45, 2.75) is 12.8 Å². The van der Waals surface area contributed by atoms with E-state index < -0.39 is 0 Å². The van der Waals surface area contributed by atoms with Gasteiger partial charge >= 0.3 is 0 Å². The van der Waals surface area contributed by atoms with Gasteiger partial charge in [0.1, 0.15) is 11.5 Å². The minimum atomic E-state index is 0.0115. The summed E-state index contributed by atoms with van der Waals surface area (Å²) in [7, 11) is 3.24. The molecular weight excluding hydrogens is 326 g/mol. The highest BCUT2D eigenvalue weighted by molar-refractivity contribution is 7.14. The Balaban J connectivity index is 1.76. The summed E-state index contributed by atoms with van der Waals surface area (Å²) in [5.41, 5.74) is 1.60. The predicted octanol–water partition coefficient (Wildman–Crippen LogP) is 2.77. The second-order valence-corrected chi connectivity index (χ2v) is 6.49. The summed E-state index contributed by atoms with van der Waals surface area (Å²) in [5, 5.41) is 8.69. The van der Waals surface area contributed by atoms with Crippen molar-refractivity contribution in [3.8, 4) is 22.8 Å². The highest BCUT2D eigenvalue weighted by atomic mass is 32.1. The topological polar surface area (TPSA) is 72.5 Å². The van der Waals surface area contributed by atoms with Gasteiger partial charge in [0.2, 0.25) is 5.91 Å². The lowest BCUT2D eigenvalue weighted by Crippen LogP contribution is -2.37. The highest BCUT2D eigenvalue weighted by Crippen LogP contribution is 2.35. The number of nitrogens with one attached hydrogen (secondary N) is 2. The molecule has 2 heterocycles. The first kappa shape index (κ1) is 16.7. The first-order valence-corrected chi connectivity index (χ1v) is 8.78. The number of aromatic nitrogens is 1. The van der Waals surface area contributed by atoms with Gasteiger partial charge in [-0.3, -0.25) is 4.79 Å². The molecule has 2 N–H and O–H groups in total. The van der Waals surface area contributed by atoms with Crippen LogP contribution >= 0.6 is 11.3 Å². The monoisotopic (exact) mass is 347 g/mol. The van der Waals surface area contributed by atoms with Crippen molar-refractivity contribution in [3.05, 3.63) is 23.6 Å². The fraction of sp³-hybridized carbons (Fsp3) is 0.412. The smallest absolute Gasteiger partial charge is 0.230 e. The van der Waals surface area contributed by atoms with Crippen molar-refractivity contribution in [2.75, 3.05) is 32.6 Å². The van der Waals surface area contributed by atoms with Gasteiger partial charge in [-0.15, -0.1) is 11.3 Å². The van der Waals surface area contributed by atoms with Crippen LogP contribution in [-0.2, 0) is 4.79 Å². The summed E-state index contributed by atoms with van der Waals surface area (Å²) < 4.78 is 10.7. The molecule has 2 aromatic rings. The number of anilines is 1. The van der Waals surface area contributed by atoms with Crippen molar-refractivity contribution in [3.63, 3.8) is 0 Å². The van der Waals surface area contributed by atoms with Gasteiger partial charge < -0.3 is 20.1 Å². The molecule has 1 aliphatic rings.